The first-order valence-corrected chi connectivity index (χ1v) is 9.45. The molecule has 9 heteroatoms. The Labute approximate surface area is 162 Å². The van der Waals surface area contributed by atoms with Gasteiger partial charge in [0.2, 0.25) is 0 Å². The van der Waals surface area contributed by atoms with Crippen LogP contribution in [-0.2, 0) is 0 Å². The quantitative estimate of drug-likeness (QED) is 0.393. The summed E-state index contributed by atoms with van der Waals surface area (Å²) < 4.78 is 7.09. The predicted molar refractivity (Wildman–Crippen MR) is 104 cm³/mol. The standard InChI is InChI=1S/C17H12Cl2N4O2S/c1-25-11-6-10(24)13(18)12(14(11)19)9-5-8-7-21-17(26-2)22-15(8)23-4-3-20-16(9)23/h3-7,24H,1-2H3. The molecule has 0 radical (unpaired) electrons. The van der Waals surface area contributed by atoms with Crippen molar-refractivity contribution in [3.8, 4) is 22.6 Å². The molecule has 6 nitrogen and oxygen atoms in total. The molecule has 0 saturated carbocycles. The van der Waals surface area contributed by atoms with Crippen molar-refractivity contribution in [1.82, 2.24) is 19.4 Å². The maximum Gasteiger partial charge on any atom is 0.189 e. The van der Waals surface area contributed by atoms with E-state index in [1.807, 2.05) is 16.7 Å². The molecule has 0 fully saturated rings. The molecule has 3 heterocycles. The van der Waals surface area contributed by atoms with Crippen LogP contribution in [0.15, 0.2) is 35.9 Å². The number of nitrogens with zero attached hydrogens (tertiary/aromatic N) is 4. The van der Waals surface area contributed by atoms with Crippen LogP contribution in [0, 0.1) is 0 Å². The lowest BCUT2D eigenvalue weighted by molar-refractivity contribution is 0.408. The first-order chi connectivity index (χ1) is 12.5. The fraction of sp³-hybridized carbons (Fsp3) is 0.118. The van der Waals surface area contributed by atoms with E-state index in [9.17, 15) is 5.11 Å². The van der Waals surface area contributed by atoms with Crippen molar-refractivity contribution < 1.29 is 9.84 Å². The maximum atomic E-state index is 10.2. The number of imidazole rings is 1. The van der Waals surface area contributed by atoms with Crippen LogP contribution in [0.3, 0.4) is 0 Å². The number of fused-ring (bicyclic) bond motifs is 3. The molecule has 4 aromatic rings. The number of rotatable bonds is 3. The number of ether oxygens (including phenoxy) is 1. The summed E-state index contributed by atoms with van der Waals surface area (Å²) in [7, 11) is 1.47. The van der Waals surface area contributed by atoms with E-state index in [1.54, 1.807) is 18.6 Å². The average Bonchev–Trinajstić information content (AvgIpc) is 3.14. The van der Waals surface area contributed by atoms with Crippen LogP contribution in [0.2, 0.25) is 10.0 Å². The van der Waals surface area contributed by atoms with Gasteiger partial charge < -0.3 is 9.84 Å². The number of aromatic hydroxyl groups is 1. The van der Waals surface area contributed by atoms with Gasteiger partial charge in [-0.3, -0.25) is 4.40 Å². The van der Waals surface area contributed by atoms with E-state index >= 15 is 0 Å². The molecule has 0 amide bonds. The van der Waals surface area contributed by atoms with Crippen molar-refractivity contribution in [1.29, 1.82) is 0 Å². The third-order valence-electron chi connectivity index (χ3n) is 4.00. The third kappa shape index (κ3) is 2.55. The van der Waals surface area contributed by atoms with E-state index in [2.05, 4.69) is 15.0 Å². The molecule has 0 bridgehead atoms. The predicted octanol–water partition coefficient (Wildman–Crippen LogP) is 4.69. The van der Waals surface area contributed by atoms with E-state index in [-0.39, 0.29) is 10.8 Å². The highest BCUT2D eigenvalue weighted by molar-refractivity contribution is 7.98. The summed E-state index contributed by atoms with van der Waals surface area (Å²) >= 11 is 14.3. The molecule has 1 N–H and O–H groups in total. The number of hydrogen-bond donors (Lipinski definition) is 1. The van der Waals surface area contributed by atoms with Gasteiger partial charge in [0.05, 0.1) is 17.2 Å². The minimum absolute atomic E-state index is 0.123. The van der Waals surface area contributed by atoms with Gasteiger partial charge in [-0.2, -0.15) is 0 Å². The summed E-state index contributed by atoms with van der Waals surface area (Å²) in [5.74, 6) is 0.198. The molecule has 4 rings (SSSR count). The Morgan fingerprint density at radius 3 is 2.69 bits per heavy atom. The Morgan fingerprint density at radius 1 is 1.15 bits per heavy atom. The fourth-order valence-electron chi connectivity index (χ4n) is 2.82. The zero-order valence-electron chi connectivity index (χ0n) is 13.7. The summed E-state index contributed by atoms with van der Waals surface area (Å²) in [5.41, 5.74) is 2.42. The number of aromatic nitrogens is 4. The van der Waals surface area contributed by atoms with Crippen LogP contribution in [0.5, 0.6) is 11.5 Å². The number of thioether (sulfide) groups is 1. The molecular weight excluding hydrogens is 395 g/mol. The summed E-state index contributed by atoms with van der Waals surface area (Å²) in [4.78, 5) is 13.3. The molecule has 132 valence electrons. The molecule has 0 saturated heterocycles. The lowest BCUT2D eigenvalue weighted by Crippen LogP contribution is -1.98. The SMILES string of the molecule is COc1cc(O)c(Cl)c(-c2cc3cnc(SC)nc3n3ccnc23)c1Cl. The number of halogens is 2. The highest BCUT2D eigenvalue weighted by Gasteiger charge is 2.21. The Morgan fingerprint density at radius 2 is 1.96 bits per heavy atom. The normalized spacial score (nSPS) is 11.4. The van der Waals surface area contributed by atoms with Crippen molar-refractivity contribution >= 4 is 51.6 Å². The number of phenols is 1. The van der Waals surface area contributed by atoms with Crippen molar-refractivity contribution in [2.45, 2.75) is 5.16 Å². The van der Waals surface area contributed by atoms with E-state index < -0.39 is 0 Å². The van der Waals surface area contributed by atoms with Crippen molar-refractivity contribution in [2.24, 2.45) is 0 Å². The van der Waals surface area contributed by atoms with Gasteiger partial charge >= 0.3 is 0 Å². The van der Waals surface area contributed by atoms with E-state index in [0.29, 0.717) is 32.7 Å². The Bertz CT molecular complexity index is 1160. The van der Waals surface area contributed by atoms with Gasteiger partial charge in [0, 0.05) is 41.2 Å². The molecule has 3 aromatic heterocycles. The lowest BCUT2D eigenvalue weighted by atomic mass is 10.0. The van der Waals surface area contributed by atoms with Gasteiger partial charge in [0.1, 0.15) is 22.8 Å². The van der Waals surface area contributed by atoms with Crippen molar-refractivity contribution in [2.75, 3.05) is 13.4 Å². The topological polar surface area (TPSA) is 72.5 Å². The molecule has 0 aliphatic rings. The monoisotopic (exact) mass is 406 g/mol. The van der Waals surface area contributed by atoms with E-state index in [0.717, 1.165) is 11.0 Å². The van der Waals surface area contributed by atoms with Gasteiger partial charge in [-0.15, -0.1) is 0 Å². The van der Waals surface area contributed by atoms with E-state index in [4.69, 9.17) is 27.9 Å². The lowest BCUT2D eigenvalue weighted by Gasteiger charge is -2.14. The largest absolute Gasteiger partial charge is 0.506 e. The van der Waals surface area contributed by atoms with Crippen LogP contribution < -0.4 is 4.74 Å². The highest BCUT2D eigenvalue weighted by Crippen LogP contribution is 2.46. The van der Waals surface area contributed by atoms with Crippen molar-refractivity contribution in [3.05, 3.63) is 40.8 Å². The zero-order valence-corrected chi connectivity index (χ0v) is 16.0. The summed E-state index contributed by atoms with van der Waals surface area (Å²) in [6.07, 6.45) is 7.12. The molecular formula is C17H12Cl2N4O2S. The molecule has 0 aliphatic heterocycles. The van der Waals surface area contributed by atoms with Gasteiger partial charge in [-0.1, -0.05) is 35.0 Å². The first kappa shape index (κ1) is 17.2. The van der Waals surface area contributed by atoms with Crippen LogP contribution in [-0.4, -0.2) is 37.8 Å². The molecule has 0 aliphatic carbocycles. The summed E-state index contributed by atoms with van der Waals surface area (Å²) in [6.45, 7) is 0. The maximum absolute atomic E-state index is 10.2. The number of hydrogen-bond acceptors (Lipinski definition) is 6. The first-order valence-electron chi connectivity index (χ1n) is 7.47. The molecule has 0 unspecified atom stereocenters. The number of methoxy groups -OCH3 is 1. The number of pyridine rings is 1. The smallest absolute Gasteiger partial charge is 0.189 e. The summed E-state index contributed by atoms with van der Waals surface area (Å²) in [6, 6.07) is 3.24. The van der Waals surface area contributed by atoms with E-state index in [1.165, 1.54) is 24.9 Å². The van der Waals surface area contributed by atoms with Crippen LogP contribution in [0.25, 0.3) is 27.8 Å². The minimum Gasteiger partial charge on any atom is -0.506 e. The Kier molecular flexibility index (Phi) is 4.30. The molecule has 26 heavy (non-hydrogen) atoms. The Balaban J connectivity index is 2.13. The van der Waals surface area contributed by atoms with Gasteiger partial charge in [-0.25, -0.2) is 15.0 Å². The molecule has 0 atom stereocenters. The third-order valence-corrected chi connectivity index (χ3v) is 5.32. The van der Waals surface area contributed by atoms with Crippen LogP contribution in [0.1, 0.15) is 0 Å². The number of benzene rings is 1. The Hall–Kier alpha value is -2.22. The zero-order chi connectivity index (χ0) is 18.4. The summed E-state index contributed by atoms with van der Waals surface area (Å²) in [5, 5.41) is 12.0. The van der Waals surface area contributed by atoms with Crippen molar-refractivity contribution in [3.63, 3.8) is 0 Å². The van der Waals surface area contributed by atoms with Gasteiger partial charge in [0.15, 0.2) is 5.16 Å². The second kappa shape index (κ2) is 6.50. The molecule has 1 aromatic carbocycles. The number of phenolic OH excluding ortho intramolecular Hbond substituents is 1. The van der Waals surface area contributed by atoms with Gasteiger partial charge in [0.25, 0.3) is 0 Å². The minimum atomic E-state index is -0.123. The second-order valence-electron chi connectivity index (χ2n) is 5.42. The fourth-order valence-corrected chi connectivity index (χ4v) is 3.78. The second-order valence-corrected chi connectivity index (χ2v) is 6.94. The van der Waals surface area contributed by atoms with Crippen LogP contribution in [0.4, 0.5) is 0 Å². The molecule has 0 spiro atoms. The van der Waals surface area contributed by atoms with Crippen LogP contribution >= 0.6 is 35.0 Å². The highest BCUT2D eigenvalue weighted by atomic mass is 35.5. The van der Waals surface area contributed by atoms with Gasteiger partial charge in [-0.05, 0) is 12.3 Å². The average molecular weight is 407 g/mol.